The normalized spacial score (nSPS) is 13.7. The van der Waals surface area contributed by atoms with Crippen LogP contribution in [0.3, 0.4) is 0 Å². The Bertz CT molecular complexity index is 2140. The van der Waals surface area contributed by atoms with Gasteiger partial charge in [0.05, 0.1) is 16.9 Å². The number of rotatable bonds is 8. The molecule has 0 amide bonds. The van der Waals surface area contributed by atoms with Crippen molar-refractivity contribution in [3.05, 3.63) is 161 Å². The molecule has 6 aromatic rings. The highest BCUT2D eigenvalue weighted by Crippen LogP contribution is 2.36. The SMILES string of the molecule is CC1(C)OB(c2ccc(Oc3ccc(F)cc3)cc2)OC1(C)C.O=Cc1cccc(-c2ccc(Oc3ccc(F)cc3)cc2)n1.O=Cc1cccc(Br)n1. The summed E-state index contributed by atoms with van der Waals surface area (Å²) in [5.74, 6) is 1.89. The minimum atomic E-state index is -0.389. The van der Waals surface area contributed by atoms with E-state index in [2.05, 4.69) is 25.9 Å². The topological polar surface area (TPSA) is 96.8 Å². The lowest BCUT2D eigenvalue weighted by Crippen LogP contribution is -2.41. The fraction of sp³-hybridized carbons (Fsp3) is 0.143. The first-order valence-corrected chi connectivity index (χ1v) is 17.6. The minimum Gasteiger partial charge on any atom is -0.457 e. The van der Waals surface area contributed by atoms with E-state index < -0.39 is 0 Å². The summed E-state index contributed by atoms with van der Waals surface area (Å²) in [5.41, 5.74) is 2.67. The Balaban J connectivity index is 0.000000170. The van der Waals surface area contributed by atoms with Crippen molar-refractivity contribution in [1.29, 1.82) is 0 Å². The fourth-order valence-corrected chi connectivity index (χ4v) is 5.17. The molecule has 0 spiro atoms. The average molecular weight is 793 g/mol. The lowest BCUT2D eigenvalue weighted by Gasteiger charge is -2.32. The number of aromatic nitrogens is 2. The van der Waals surface area contributed by atoms with Gasteiger partial charge in [-0.25, -0.2) is 18.7 Å². The summed E-state index contributed by atoms with van der Waals surface area (Å²) >= 11 is 3.13. The molecule has 12 heteroatoms. The Hall–Kier alpha value is -5.56. The first kappa shape index (κ1) is 39.6. The summed E-state index contributed by atoms with van der Waals surface area (Å²) in [6, 6.07) is 37.1. The van der Waals surface area contributed by atoms with Gasteiger partial charge in [-0.3, -0.25) is 9.59 Å². The number of carbonyl (C=O) groups is 2. The van der Waals surface area contributed by atoms with Crippen molar-refractivity contribution >= 4 is 41.1 Å². The largest absolute Gasteiger partial charge is 0.494 e. The van der Waals surface area contributed by atoms with E-state index in [0.29, 0.717) is 45.3 Å². The van der Waals surface area contributed by atoms with Crippen molar-refractivity contribution < 1.29 is 37.2 Å². The Morgan fingerprint density at radius 3 is 1.41 bits per heavy atom. The van der Waals surface area contributed by atoms with Crippen molar-refractivity contribution in [1.82, 2.24) is 9.97 Å². The Kier molecular flexibility index (Phi) is 13.2. The van der Waals surface area contributed by atoms with Crippen LogP contribution in [0.5, 0.6) is 23.0 Å². The number of hydrogen-bond acceptors (Lipinski definition) is 8. The van der Waals surface area contributed by atoms with Crippen molar-refractivity contribution in [2.24, 2.45) is 0 Å². The highest BCUT2D eigenvalue weighted by molar-refractivity contribution is 9.10. The molecule has 2 aromatic heterocycles. The number of carbonyl (C=O) groups excluding carboxylic acids is 2. The third-order valence-corrected chi connectivity index (χ3v) is 8.84. The van der Waals surface area contributed by atoms with E-state index in [1.54, 1.807) is 66.7 Å². The Morgan fingerprint density at radius 2 is 0.981 bits per heavy atom. The average Bonchev–Trinajstić information content (AvgIpc) is 3.40. The number of nitrogens with zero attached hydrogens (tertiary/aromatic N) is 2. The molecule has 1 aliphatic heterocycles. The van der Waals surface area contributed by atoms with Crippen LogP contribution in [0.2, 0.25) is 0 Å². The molecule has 1 fully saturated rings. The number of hydrogen-bond donors (Lipinski definition) is 0. The number of ether oxygens (including phenoxy) is 2. The van der Waals surface area contributed by atoms with Gasteiger partial charge in [-0.1, -0.05) is 24.3 Å². The van der Waals surface area contributed by atoms with Gasteiger partial charge in [0.25, 0.3) is 0 Å². The number of benzene rings is 4. The van der Waals surface area contributed by atoms with Crippen molar-refractivity contribution in [2.45, 2.75) is 38.9 Å². The van der Waals surface area contributed by atoms with Crippen LogP contribution in [0, 0.1) is 11.6 Å². The van der Waals surface area contributed by atoms with Gasteiger partial charge in [-0.2, -0.15) is 0 Å². The zero-order chi connectivity index (χ0) is 38.7. The second-order valence-electron chi connectivity index (χ2n) is 12.9. The van der Waals surface area contributed by atoms with Gasteiger partial charge in [-0.15, -0.1) is 0 Å². The molecule has 3 heterocycles. The monoisotopic (exact) mass is 792 g/mol. The van der Waals surface area contributed by atoms with E-state index in [9.17, 15) is 18.4 Å². The first-order valence-electron chi connectivity index (χ1n) is 16.8. The third-order valence-electron chi connectivity index (χ3n) is 8.40. The Labute approximate surface area is 321 Å². The van der Waals surface area contributed by atoms with Gasteiger partial charge in [0.1, 0.15) is 50.6 Å². The smallest absolute Gasteiger partial charge is 0.457 e. The maximum atomic E-state index is 12.9. The molecule has 1 saturated heterocycles. The molecule has 0 radical (unpaired) electrons. The van der Waals surface area contributed by atoms with Crippen LogP contribution in [0.1, 0.15) is 48.7 Å². The summed E-state index contributed by atoms with van der Waals surface area (Å²) in [7, 11) is -0.389. The van der Waals surface area contributed by atoms with Gasteiger partial charge >= 0.3 is 7.12 Å². The van der Waals surface area contributed by atoms with E-state index in [1.165, 1.54) is 24.3 Å². The summed E-state index contributed by atoms with van der Waals surface area (Å²) < 4.78 is 49.8. The molecule has 0 N–H and O–H groups in total. The molecule has 4 aromatic carbocycles. The minimum absolute atomic E-state index is 0.284. The van der Waals surface area contributed by atoms with E-state index in [-0.39, 0.29) is 30.0 Å². The van der Waals surface area contributed by atoms with E-state index in [4.69, 9.17) is 18.8 Å². The maximum absolute atomic E-state index is 12.9. The lowest BCUT2D eigenvalue weighted by atomic mass is 9.79. The molecule has 8 nitrogen and oxygen atoms in total. The zero-order valence-electron chi connectivity index (χ0n) is 29.9. The number of aldehydes is 2. The number of halogens is 3. The van der Waals surface area contributed by atoms with Gasteiger partial charge < -0.3 is 18.8 Å². The Morgan fingerprint density at radius 1 is 0.574 bits per heavy atom. The number of pyridine rings is 2. The van der Waals surface area contributed by atoms with Gasteiger partial charge in [-0.05, 0) is 158 Å². The maximum Gasteiger partial charge on any atom is 0.494 e. The summed E-state index contributed by atoms with van der Waals surface area (Å²) in [6.07, 6.45) is 1.43. The molecule has 274 valence electrons. The van der Waals surface area contributed by atoms with Crippen LogP contribution in [0.4, 0.5) is 8.78 Å². The van der Waals surface area contributed by atoms with Gasteiger partial charge in [0.15, 0.2) is 12.6 Å². The lowest BCUT2D eigenvalue weighted by molar-refractivity contribution is 0.00578. The van der Waals surface area contributed by atoms with Crippen molar-refractivity contribution in [3.8, 4) is 34.3 Å². The molecular formula is C42H36BBrF2N2O6. The standard InChI is InChI=1S/C18H20BFO3.C18H12FNO2.C6H4BrNO/c1-17(2)18(3,4)23-19(22-17)13-5-9-15(10-6-13)21-16-11-7-14(20)8-12-16;19-14-6-10-17(11-7-14)22-16-8-4-13(5-9-16)18-3-1-2-15(12-21)20-18;7-6-3-1-2-5(4-9)8-6/h5-12H,1-4H3;1-12H;1-4H. The van der Waals surface area contributed by atoms with E-state index in [0.717, 1.165) is 23.0 Å². The summed E-state index contributed by atoms with van der Waals surface area (Å²) in [6.45, 7) is 8.11. The summed E-state index contributed by atoms with van der Waals surface area (Å²) in [4.78, 5) is 28.9. The fourth-order valence-electron chi connectivity index (χ4n) is 4.81. The first-order chi connectivity index (χ1) is 25.8. The van der Waals surface area contributed by atoms with E-state index >= 15 is 0 Å². The molecule has 7 rings (SSSR count). The predicted octanol–water partition coefficient (Wildman–Crippen LogP) is 10.1. The quantitative estimate of drug-likeness (QED) is 0.0854. The molecular weight excluding hydrogens is 757 g/mol. The van der Waals surface area contributed by atoms with Gasteiger partial charge in [0.2, 0.25) is 0 Å². The second kappa shape index (κ2) is 18.0. The molecule has 0 aliphatic carbocycles. The van der Waals surface area contributed by atoms with Crippen molar-refractivity contribution in [3.63, 3.8) is 0 Å². The predicted molar refractivity (Wildman–Crippen MR) is 207 cm³/mol. The van der Waals surface area contributed by atoms with Crippen molar-refractivity contribution in [2.75, 3.05) is 0 Å². The van der Waals surface area contributed by atoms with Crippen LogP contribution in [0.15, 0.2) is 138 Å². The third kappa shape index (κ3) is 11.0. The van der Waals surface area contributed by atoms with Crippen LogP contribution in [-0.4, -0.2) is 40.9 Å². The highest BCUT2D eigenvalue weighted by atomic mass is 79.9. The van der Waals surface area contributed by atoms with Crippen LogP contribution in [-0.2, 0) is 9.31 Å². The zero-order valence-corrected chi connectivity index (χ0v) is 31.5. The van der Waals surface area contributed by atoms with Crippen LogP contribution < -0.4 is 14.9 Å². The second-order valence-corrected chi connectivity index (χ2v) is 13.7. The van der Waals surface area contributed by atoms with E-state index in [1.807, 2.05) is 70.2 Å². The highest BCUT2D eigenvalue weighted by Gasteiger charge is 2.51. The molecule has 1 aliphatic rings. The van der Waals surface area contributed by atoms with Crippen LogP contribution >= 0.6 is 15.9 Å². The molecule has 0 atom stereocenters. The van der Waals surface area contributed by atoms with Crippen LogP contribution in [0.25, 0.3) is 11.3 Å². The molecule has 0 bridgehead atoms. The van der Waals surface area contributed by atoms with Gasteiger partial charge in [0, 0.05) is 5.56 Å². The molecule has 54 heavy (non-hydrogen) atoms. The molecule has 0 saturated carbocycles. The summed E-state index contributed by atoms with van der Waals surface area (Å²) in [5, 5.41) is 0. The molecule has 0 unspecified atom stereocenters.